The third-order valence-corrected chi connectivity index (χ3v) is 6.09. The van der Waals surface area contributed by atoms with Crippen molar-refractivity contribution < 1.29 is 9.53 Å². The summed E-state index contributed by atoms with van der Waals surface area (Å²) < 4.78 is 5.36. The molecule has 1 N–H and O–H groups in total. The van der Waals surface area contributed by atoms with E-state index in [1.807, 2.05) is 25.1 Å². The van der Waals surface area contributed by atoms with Crippen molar-refractivity contribution in [3.63, 3.8) is 0 Å². The Kier molecular flexibility index (Phi) is 6.54. The zero-order valence-electron chi connectivity index (χ0n) is 16.5. The molecule has 2 fully saturated rings. The number of carbonyl (C=O) groups excluding carboxylic acids is 1. The van der Waals surface area contributed by atoms with Gasteiger partial charge in [-0.15, -0.1) is 0 Å². The Balaban J connectivity index is 1.46. The van der Waals surface area contributed by atoms with Gasteiger partial charge < -0.3 is 19.9 Å². The number of methoxy groups -OCH3 is 1. The minimum atomic E-state index is -0.0160. The number of nitrogens with one attached hydrogen (secondary N) is 1. The molecule has 1 aromatic carbocycles. The molecule has 3 rings (SSSR count). The van der Waals surface area contributed by atoms with Gasteiger partial charge in [0.25, 0.3) is 5.91 Å². The average molecular weight is 360 g/mol. The molecule has 0 bridgehead atoms. The minimum absolute atomic E-state index is 0.0160. The predicted molar refractivity (Wildman–Crippen MR) is 105 cm³/mol. The molecule has 5 nitrogen and oxygen atoms in total. The van der Waals surface area contributed by atoms with Gasteiger partial charge in [0.15, 0.2) is 0 Å². The van der Waals surface area contributed by atoms with Gasteiger partial charge in [-0.2, -0.15) is 0 Å². The fraction of sp³-hybridized carbons (Fsp3) is 0.667. The van der Waals surface area contributed by atoms with Crippen molar-refractivity contribution >= 4 is 5.91 Å². The van der Waals surface area contributed by atoms with Crippen LogP contribution in [-0.2, 0) is 0 Å². The zero-order valence-corrected chi connectivity index (χ0v) is 16.5. The largest absolute Gasteiger partial charge is 0.496 e. The molecule has 26 heavy (non-hydrogen) atoms. The highest BCUT2D eigenvalue weighted by molar-refractivity contribution is 5.98. The van der Waals surface area contributed by atoms with Crippen LogP contribution in [-0.4, -0.2) is 68.6 Å². The summed E-state index contributed by atoms with van der Waals surface area (Å²) in [6, 6.07) is 6.49. The predicted octanol–water partition coefficient (Wildman–Crippen LogP) is 2.54. The van der Waals surface area contributed by atoms with E-state index in [0.29, 0.717) is 17.2 Å². The standard InChI is InChI=1S/C21H33N3O2/c1-16-5-4-6-19(26-3)20(16)21(25)22-15-17-7-13-24(14-8-17)18-9-11-23(2)12-10-18/h4-6,17-18H,7-15H2,1-3H3,(H,22,25). The Morgan fingerprint density at radius 1 is 1.15 bits per heavy atom. The van der Waals surface area contributed by atoms with Crippen LogP contribution in [0.15, 0.2) is 18.2 Å². The molecule has 1 amide bonds. The number of amides is 1. The highest BCUT2D eigenvalue weighted by Crippen LogP contribution is 2.24. The van der Waals surface area contributed by atoms with E-state index in [0.717, 1.165) is 18.2 Å². The van der Waals surface area contributed by atoms with Gasteiger partial charge in [0, 0.05) is 12.6 Å². The van der Waals surface area contributed by atoms with E-state index >= 15 is 0 Å². The number of hydrogen-bond acceptors (Lipinski definition) is 4. The average Bonchev–Trinajstić information content (AvgIpc) is 2.67. The maximum Gasteiger partial charge on any atom is 0.255 e. The van der Waals surface area contributed by atoms with Gasteiger partial charge >= 0.3 is 0 Å². The van der Waals surface area contributed by atoms with E-state index in [1.165, 1.54) is 51.9 Å². The van der Waals surface area contributed by atoms with Crippen molar-refractivity contribution in [2.24, 2.45) is 5.92 Å². The summed E-state index contributed by atoms with van der Waals surface area (Å²) in [5, 5.41) is 3.14. The smallest absolute Gasteiger partial charge is 0.255 e. The number of nitrogens with zero attached hydrogens (tertiary/aromatic N) is 2. The number of hydrogen-bond donors (Lipinski definition) is 1. The van der Waals surface area contributed by atoms with Crippen LogP contribution in [0.1, 0.15) is 41.6 Å². The number of aryl methyl sites for hydroxylation is 1. The van der Waals surface area contributed by atoms with E-state index in [2.05, 4.69) is 22.2 Å². The number of benzene rings is 1. The lowest BCUT2D eigenvalue weighted by molar-refractivity contribution is 0.0812. The van der Waals surface area contributed by atoms with Crippen molar-refractivity contribution in [2.75, 3.05) is 46.9 Å². The summed E-state index contributed by atoms with van der Waals surface area (Å²) in [4.78, 5) is 17.7. The topological polar surface area (TPSA) is 44.8 Å². The molecular weight excluding hydrogens is 326 g/mol. The summed E-state index contributed by atoms with van der Waals surface area (Å²) in [6.45, 7) is 7.50. The molecule has 144 valence electrons. The van der Waals surface area contributed by atoms with Crippen LogP contribution in [0.2, 0.25) is 0 Å². The Morgan fingerprint density at radius 2 is 1.85 bits per heavy atom. The van der Waals surface area contributed by atoms with Crippen LogP contribution in [0.25, 0.3) is 0 Å². The first-order valence-corrected chi connectivity index (χ1v) is 9.93. The number of piperidine rings is 2. The van der Waals surface area contributed by atoms with Gasteiger partial charge in [0.05, 0.1) is 12.7 Å². The SMILES string of the molecule is COc1cccc(C)c1C(=O)NCC1CCN(C2CCN(C)CC2)CC1. The van der Waals surface area contributed by atoms with E-state index in [9.17, 15) is 4.79 Å². The van der Waals surface area contributed by atoms with Gasteiger partial charge in [0.2, 0.25) is 0 Å². The lowest BCUT2D eigenvalue weighted by Crippen LogP contribution is -2.48. The van der Waals surface area contributed by atoms with E-state index in [4.69, 9.17) is 4.74 Å². The first-order valence-electron chi connectivity index (χ1n) is 9.93. The lowest BCUT2D eigenvalue weighted by Gasteiger charge is -2.41. The molecule has 5 heteroatoms. The van der Waals surface area contributed by atoms with Crippen LogP contribution in [0.3, 0.4) is 0 Å². The molecule has 0 aliphatic carbocycles. The highest BCUT2D eigenvalue weighted by Gasteiger charge is 2.27. The monoisotopic (exact) mass is 359 g/mol. The molecule has 0 saturated carbocycles. The molecular formula is C21H33N3O2. The maximum atomic E-state index is 12.6. The third-order valence-electron chi connectivity index (χ3n) is 6.09. The van der Waals surface area contributed by atoms with Crippen molar-refractivity contribution in [3.05, 3.63) is 29.3 Å². The second-order valence-corrected chi connectivity index (χ2v) is 7.88. The maximum absolute atomic E-state index is 12.6. The van der Waals surface area contributed by atoms with Crippen LogP contribution < -0.4 is 10.1 Å². The number of ether oxygens (including phenoxy) is 1. The van der Waals surface area contributed by atoms with Gasteiger partial charge in [-0.3, -0.25) is 4.79 Å². The molecule has 2 aliphatic rings. The molecule has 0 unspecified atom stereocenters. The Morgan fingerprint density at radius 3 is 2.50 bits per heavy atom. The molecule has 0 aromatic heterocycles. The fourth-order valence-corrected chi connectivity index (χ4v) is 4.31. The summed E-state index contributed by atoms with van der Waals surface area (Å²) in [5.41, 5.74) is 1.62. The van der Waals surface area contributed by atoms with Crippen molar-refractivity contribution in [1.82, 2.24) is 15.1 Å². The normalized spacial score (nSPS) is 20.9. The van der Waals surface area contributed by atoms with E-state index < -0.39 is 0 Å². The molecule has 2 aliphatic heterocycles. The van der Waals surface area contributed by atoms with Gasteiger partial charge in [0.1, 0.15) is 5.75 Å². The number of likely N-dealkylation sites (tertiary alicyclic amines) is 2. The van der Waals surface area contributed by atoms with Gasteiger partial charge in [-0.25, -0.2) is 0 Å². The summed E-state index contributed by atoms with van der Waals surface area (Å²) in [5.74, 6) is 1.22. The van der Waals surface area contributed by atoms with Crippen LogP contribution >= 0.6 is 0 Å². The Bertz CT molecular complexity index is 603. The molecule has 2 saturated heterocycles. The van der Waals surface area contributed by atoms with Crippen molar-refractivity contribution in [3.8, 4) is 5.75 Å². The third kappa shape index (κ3) is 4.57. The zero-order chi connectivity index (χ0) is 18.5. The quantitative estimate of drug-likeness (QED) is 0.878. The first-order chi connectivity index (χ1) is 12.6. The van der Waals surface area contributed by atoms with E-state index in [1.54, 1.807) is 7.11 Å². The summed E-state index contributed by atoms with van der Waals surface area (Å²) in [6.07, 6.45) is 4.95. The number of carbonyl (C=O) groups is 1. The fourth-order valence-electron chi connectivity index (χ4n) is 4.31. The summed E-state index contributed by atoms with van der Waals surface area (Å²) in [7, 11) is 3.83. The van der Waals surface area contributed by atoms with Gasteiger partial charge in [-0.05, 0) is 83.4 Å². The van der Waals surface area contributed by atoms with Crippen LogP contribution in [0.4, 0.5) is 0 Å². The second-order valence-electron chi connectivity index (χ2n) is 7.88. The van der Waals surface area contributed by atoms with E-state index in [-0.39, 0.29) is 5.91 Å². The highest BCUT2D eigenvalue weighted by atomic mass is 16.5. The Hall–Kier alpha value is -1.59. The minimum Gasteiger partial charge on any atom is -0.496 e. The van der Waals surface area contributed by atoms with Crippen LogP contribution in [0, 0.1) is 12.8 Å². The van der Waals surface area contributed by atoms with Crippen molar-refractivity contribution in [1.29, 1.82) is 0 Å². The molecule has 0 radical (unpaired) electrons. The molecule has 0 spiro atoms. The van der Waals surface area contributed by atoms with Gasteiger partial charge in [-0.1, -0.05) is 12.1 Å². The number of rotatable bonds is 5. The lowest BCUT2D eigenvalue weighted by atomic mass is 9.93. The first kappa shape index (κ1) is 19.2. The molecule has 2 heterocycles. The second kappa shape index (κ2) is 8.87. The Labute approximate surface area is 157 Å². The van der Waals surface area contributed by atoms with Crippen LogP contribution in [0.5, 0.6) is 5.75 Å². The molecule has 0 atom stereocenters. The van der Waals surface area contributed by atoms with Crippen molar-refractivity contribution in [2.45, 2.75) is 38.6 Å². The summed E-state index contributed by atoms with van der Waals surface area (Å²) >= 11 is 0. The molecule has 1 aromatic rings.